The molecule has 1 N–H and O–H groups in total. The first kappa shape index (κ1) is 16.0. The number of hydrogen-bond donors (Lipinski definition) is 1. The Kier molecular flexibility index (Phi) is 6.51. The largest absolute Gasteiger partial charge is 0.478 e. The van der Waals surface area contributed by atoms with Crippen LogP contribution in [0.5, 0.6) is 0 Å². The van der Waals surface area contributed by atoms with Gasteiger partial charge in [0.15, 0.2) is 0 Å². The predicted molar refractivity (Wildman–Crippen MR) is 85.4 cm³/mol. The van der Waals surface area contributed by atoms with Crippen LogP contribution in [0.3, 0.4) is 0 Å². The van der Waals surface area contributed by atoms with Crippen LogP contribution in [-0.2, 0) is 4.79 Å². The molecule has 0 aliphatic rings. The number of aliphatic carboxylic acids is 1. The summed E-state index contributed by atoms with van der Waals surface area (Å²) < 4.78 is 0. The Morgan fingerprint density at radius 1 is 1.10 bits per heavy atom. The number of rotatable bonds is 6. The summed E-state index contributed by atoms with van der Waals surface area (Å²) in [6.07, 6.45) is 9.30. The fraction of sp³-hybridized carbons (Fsp3) is 0.278. The van der Waals surface area contributed by atoms with E-state index >= 15 is 0 Å². The quantitative estimate of drug-likeness (QED) is 0.587. The van der Waals surface area contributed by atoms with E-state index in [1.165, 1.54) is 11.1 Å². The Balaban J connectivity index is 2.64. The van der Waals surface area contributed by atoms with Crippen LogP contribution in [0.2, 0.25) is 0 Å². The highest BCUT2D eigenvalue weighted by Crippen LogP contribution is 2.14. The number of hydrogen-bond acceptors (Lipinski definition) is 1. The third-order valence-electron chi connectivity index (χ3n) is 2.86. The van der Waals surface area contributed by atoms with Gasteiger partial charge in [0.1, 0.15) is 0 Å². The molecule has 1 aromatic carbocycles. The SMILES string of the molecule is CC(C)=CCC/C(C)=C/c1ccc(/C=C/C(=O)O)cc1. The zero-order valence-corrected chi connectivity index (χ0v) is 12.4. The summed E-state index contributed by atoms with van der Waals surface area (Å²) in [6.45, 7) is 6.36. The van der Waals surface area contributed by atoms with Gasteiger partial charge < -0.3 is 5.11 Å². The second-order valence-electron chi connectivity index (χ2n) is 5.15. The molecule has 0 bridgehead atoms. The molecule has 2 heteroatoms. The van der Waals surface area contributed by atoms with E-state index in [0.717, 1.165) is 30.0 Å². The lowest BCUT2D eigenvalue weighted by atomic mass is 10.1. The van der Waals surface area contributed by atoms with Crippen molar-refractivity contribution in [1.29, 1.82) is 0 Å². The minimum absolute atomic E-state index is 0.895. The highest BCUT2D eigenvalue weighted by molar-refractivity contribution is 5.85. The summed E-state index contributed by atoms with van der Waals surface area (Å²) >= 11 is 0. The highest BCUT2D eigenvalue weighted by Gasteiger charge is 1.93. The molecule has 0 aliphatic carbocycles. The van der Waals surface area contributed by atoms with Crippen LogP contribution >= 0.6 is 0 Å². The van der Waals surface area contributed by atoms with Crippen LogP contribution in [0.4, 0.5) is 0 Å². The number of carboxylic acid groups (broad SMARTS) is 1. The first-order chi connectivity index (χ1) is 9.47. The second-order valence-corrected chi connectivity index (χ2v) is 5.15. The monoisotopic (exact) mass is 270 g/mol. The van der Waals surface area contributed by atoms with Gasteiger partial charge in [0.05, 0.1) is 0 Å². The van der Waals surface area contributed by atoms with Crippen molar-refractivity contribution in [3.05, 3.63) is 58.7 Å². The zero-order valence-electron chi connectivity index (χ0n) is 12.4. The van der Waals surface area contributed by atoms with Crippen molar-refractivity contribution in [2.24, 2.45) is 0 Å². The number of carbonyl (C=O) groups is 1. The number of carboxylic acids is 1. The molecule has 1 rings (SSSR count). The van der Waals surface area contributed by atoms with Crippen LogP contribution in [0.1, 0.15) is 44.7 Å². The van der Waals surface area contributed by atoms with Crippen LogP contribution in [0, 0.1) is 0 Å². The van der Waals surface area contributed by atoms with E-state index in [4.69, 9.17) is 5.11 Å². The highest BCUT2D eigenvalue weighted by atomic mass is 16.4. The van der Waals surface area contributed by atoms with Gasteiger partial charge in [-0.05, 0) is 50.8 Å². The van der Waals surface area contributed by atoms with Gasteiger partial charge >= 0.3 is 5.97 Å². The Morgan fingerprint density at radius 3 is 2.25 bits per heavy atom. The zero-order chi connectivity index (χ0) is 15.0. The predicted octanol–water partition coefficient (Wildman–Crippen LogP) is 4.93. The first-order valence-electron chi connectivity index (χ1n) is 6.79. The van der Waals surface area contributed by atoms with E-state index < -0.39 is 5.97 Å². The molecule has 1 aromatic rings. The summed E-state index contributed by atoms with van der Waals surface area (Å²) in [5.74, 6) is -0.927. The van der Waals surface area contributed by atoms with Crippen LogP contribution in [0.15, 0.2) is 47.6 Å². The van der Waals surface area contributed by atoms with E-state index in [1.54, 1.807) is 6.08 Å². The minimum Gasteiger partial charge on any atom is -0.478 e. The molecule has 106 valence electrons. The lowest BCUT2D eigenvalue weighted by Gasteiger charge is -2.01. The van der Waals surface area contributed by atoms with Crippen LogP contribution in [0.25, 0.3) is 12.2 Å². The molecule has 0 unspecified atom stereocenters. The molecule has 2 nitrogen and oxygen atoms in total. The molecule has 0 radical (unpaired) electrons. The fourth-order valence-electron chi connectivity index (χ4n) is 1.82. The van der Waals surface area contributed by atoms with Gasteiger partial charge in [0, 0.05) is 6.08 Å². The van der Waals surface area contributed by atoms with E-state index in [0.29, 0.717) is 0 Å². The lowest BCUT2D eigenvalue weighted by molar-refractivity contribution is -0.131. The van der Waals surface area contributed by atoms with Crippen molar-refractivity contribution >= 4 is 18.1 Å². The third-order valence-corrected chi connectivity index (χ3v) is 2.86. The van der Waals surface area contributed by atoms with Gasteiger partial charge in [-0.15, -0.1) is 0 Å². The maximum Gasteiger partial charge on any atom is 0.328 e. The van der Waals surface area contributed by atoms with Crippen molar-refractivity contribution in [2.75, 3.05) is 0 Å². The molecule has 0 aromatic heterocycles. The summed E-state index contributed by atoms with van der Waals surface area (Å²) in [5, 5.41) is 8.57. The topological polar surface area (TPSA) is 37.3 Å². The van der Waals surface area contributed by atoms with Crippen molar-refractivity contribution in [3.8, 4) is 0 Å². The Hall–Kier alpha value is -2.09. The van der Waals surface area contributed by atoms with E-state index in [-0.39, 0.29) is 0 Å². The third kappa shape index (κ3) is 6.74. The number of benzene rings is 1. The Bertz CT molecular complexity index is 527. The van der Waals surface area contributed by atoms with E-state index in [9.17, 15) is 4.79 Å². The molecule has 0 aliphatic heterocycles. The molecule has 0 heterocycles. The molecule has 0 saturated heterocycles. The molecule has 0 spiro atoms. The maximum absolute atomic E-state index is 10.4. The Morgan fingerprint density at radius 2 is 1.70 bits per heavy atom. The summed E-state index contributed by atoms with van der Waals surface area (Å²) in [5.41, 5.74) is 4.74. The summed E-state index contributed by atoms with van der Waals surface area (Å²) in [7, 11) is 0. The fourth-order valence-corrected chi connectivity index (χ4v) is 1.82. The first-order valence-corrected chi connectivity index (χ1v) is 6.79. The van der Waals surface area contributed by atoms with Gasteiger partial charge in [-0.2, -0.15) is 0 Å². The molecular weight excluding hydrogens is 248 g/mol. The molecule has 0 amide bonds. The smallest absolute Gasteiger partial charge is 0.328 e. The molecule has 0 fully saturated rings. The second kappa shape index (κ2) is 8.16. The van der Waals surface area contributed by atoms with Gasteiger partial charge in [-0.1, -0.05) is 47.6 Å². The standard InChI is InChI=1S/C18H22O2/c1-14(2)5-4-6-15(3)13-17-9-7-16(8-10-17)11-12-18(19)20/h5,7-13H,4,6H2,1-3H3,(H,19,20)/b12-11+,15-13+. The normalized spacial score (nSPS) is 11.7. The van der Waals surface area contributed by atoms with Crippen LogP contribution in [-0.4, -0.2) is 11.1 Å². The average Bonchev–Trinajstić information content (AvgIpc) is 2.37. The Labute approximate surface area is 121 Å². The van der Waals surface area contributed by atoms with Crippen LogP contribution < -0.4 is 0 Å². The average molecular weight is 270 g/mol. The molecule has 0 atom stereocenters. The van der Waals surface area contributed by atoms with Crippen molar-refractivity contribution in [1.82, 2.24) is 0 Å². The molecular formula is C18H22O2. The maximum atomic E-state index is 10.4. The van der Waals surface area contributed by atoms with Gasteiger partial charge in [0.2, 0.25) is 0 Å². The van der Waals surface area contributed by atoms with Gasteiger partial charge in [-0.25, -0.2) is 4.79 Å². The summed E-state index contributed by atoms with van der Waals surface area (Å²) in [4.78, 5) is 10.4. The van der Waals surface area contributed by atoms with Gasteiger partial charge in [-0.3, -0.25) is 0 Å². The molecule has 0 saturated carbocycles. The van der Waals surface area contributed by atoms with E-state index in [2.05, 4.69) is 32.9 Å². The lowest BCUT2D eigenvalue weighted by Crippen LogP contribution is -1.85. The van der Waals surface area contributed by atoms with Crippen molar-refractivity contribution in [3.63, 3.8) is 0 Å². The van der Waals surface area contributed by atoms with Crippen molar-refractivity contribution < 1.29 is 9.90 Å². The van der Waals surface area contributed by atoms with Crippen molar-refractivity contribution in [2.45, 2.75) is 33.6 Å². The summed E-state index contributed by atoms with van der Waals surface area (Å²) in [6, 6.07) is 7.86. The molecule has 20 heavy (non-hydrogen) atoms. The minimum atomic E-state index is -0.927. The van der Waals surface area contributed by atoms with Gasteiger partial charge in [0.25, 0.3) is 0 Å². The van der Waals surface area contributed by atoms with E-state index in [1.807, 2.05) is 24.3 Å². The number of allylic oxidation sites excluding steroid dienone is 3.